The van der Waals surface area contributed by atoms with Crippen LogP contribution in [0, 0.1) is 11.8 Å². The second-order valence-electron chi connectivity index (χ2n) is 10.8. The Morgan fingerprint density at radius 3 is 1.80 bits per heavy atom. The van der Waals surface area contributed by atoms with Crippen LogP contribution < -0.4 is 0 Å². The zero-order valence-corrected chi connectivity index (χ0v) is 21.5. The molecule has 2 aromatic rings. The predicted octanol–water partition coefficient (Wildman–Crippen LogP) is 9.57. The Morgan fingerprint density at radius 2 is 1.29 bits per heavy atom. The molecule has 4 rings (SSSR count). The first-order valence-electron chi connectivity index (χ1n) is 13.8. The SMILES string of the molecule is C/C=C/C1CCC(c2ccc(COC(F)(F)Cc3ccc(C4CCC(CC)CC4)cc3)cc2)CC1. The molecule has 2 saturated carbocycles. The lowest BCUT2D eigenvalue weighted by molar-refractivity contribution is -0.244. The van der Waals surface area contributed by atoms with E-state index < -0.39 is 6.11 Å². The third kappa shape index (κ3) is 7.49. The molecule has 0 radical (unpaired) electrons. The first kappa shape index (κ1) is 26.1. The third-order valence-corrected chi connectivity index (χ3v) is 8.42. The monoisotopic (exact) mass is 480 g/mol. The zero-order chi connectivity index (χ0) is 24.7. The lowest BCUT2D eigenvalue weighted by Crippen LogP contribution is -2.23. The van der Waals surface area contributed by atoms with Gasteiger partial charge in [-0.1, -0.05) is 74.0 Å². The molecule has 2 aliphatic rings. The fraction of sp³-hybridized carbons (Fsp3) is 0.562. The highest BCUT2D eigenvalue weighted by Crippen LogP contribution is 2.38. The van der Waals surface area contributed by atoms with E-state index in [9.17, 15) is 8.78 Å². The van der Waals surface area contributed by atoms with Gasteiger partial charge in [-0.3, -0.25) is 0 Å². The number of ether oxygens (including phenoxy) is 1. The van der Waals surface area contributed by atoms with E-state index in [-0.39, 0.29) is 13.0 Å². The molecular formula is C32H42F2O. The number of rotatable bonds is 9. The van der Waals surface area contributed by atoms with Crippen LogP contribution in [0.25, 0.3) is 0 Å². The van der Waals surface area contributed by atoms with E-state index in [1.807, 2.05) is 36.4 Å². The summed E-state index contributed by atoms with van der Waals surface area (Å²) in [6.07, 6.45) is 12.0. The van der Waals surface area contributed by atoms with Gasteiger partial charge >= 0.3 is 6.11 Å². The van der Waals surface area contributed by atoms with Crippen molar-refractivity contribution in [2.75, 3.05) is 0 Å². The Bertz CT molecular complexity index is 915. The van der Waals surface area contributed by atoms with Crippen LogP contribution in [0.4, 0.5) is 8.78 Å². The van der Waals surface area contributed by atoms with Gasteiger partial charge < -0.3 is 4.74 Å². The summed E-state index contributed by atoms with van der Waals surface area (Å²) in [5.41, 5.74) is 4.05. The maximum atomic E-state index is 14.6. The average Bonchev–Trinajstić information content (AvgIpc) is 2.89. The maximum Gasteiger partial charge on any atom is 0.360 e. The molecule has 0 unspecified atom stereocenters. The molecule has 35 heavy (non-hydrogen) atoms. The van der Waals surface area contributed by atoms with Crippen LogP contribution in [0.2, 0.25) is 0 Å². The van der Waals surface area contributed by atoms with Crippen LogP contribution in [0.1, 0.15) is 106 Å². The van der Waals surface area contributed by atoms with E-state index in [0.717, 1.165) is 11.5 Å². The standard InChI is InChI=1S/C32H42F2O/c1-3-5-25-8-16-29(17-9-25)31-20-12-27(13-21-31)23-35-32(33,34)22-26-10-18-30(19-11-26)28-14-6-24(4-2)7-15-28/h3,5,10-13,18-21,24-25,28-29H,4,6-9,14-17,22-23H2,1-2H3/b5-3+. The van der Waals surface area contributed by atoms with Gasteiger partial charge in [0.1, 0.15) is 0 Å². The minimum atomic E-state index is -3.18. The maximum absolute atomic E-state index is 14.6. The van der Waals surface area contributed by atoms with Crippen molar-refractivity contribution in [2.45, 2.75) is 103 Å². The van der Waals surface area contributed by atoms with Crippen molar-refractivity contribution in [2.24, 2.45) is 11.8 Å². The number of hydrogen-bond donors (Lipinski definition) is 0. The number of allylic oxidation sites excluding steroid dienone is 2. The molecule has 0 atom stereocenters. The minimum absolute atomic E-state index is 0.0694. The lowest BCUT2D eigenvalue weighted by atomic mass is 9.78. The summed E-state index contributed by atoms with van der Waals surface area (Å²) in [5.74, 6) is 2.73. The van der Waals surface area contributed by atoms with Gasteiger partial charge in [-0.25, -0.2) is 0 Å². The van der Waals surface area contributed by atoms with Gasteiger partial charge in [0.15, 0.2) is 0 Å². The van der Waals surface area contributed by atoms with E-state index in [0.29, 0.717) is 23.3 Å². The number of halogens is 2. The molecule has 0 saturated heterocycles. The molecule has 0 aromatic heterocycles. The van der Waals surface area contributed by atoms with E-state index in [4.69, 9.17) is 4.74 Å². The summed E-state index contributed by atoms with van der Waals surface area (Å²) in [4.78, 5) is 0. The normalized spacial score (nSPS) is 25.7. The molecule has 2 aromatic carbocycles. The van der Waals surface area contributed by atoms with Crippen LogP contribution in [0.3, 0.4) is 0 Å². The minimum Gasteiger partial charge on any atom is -0.315 e. The number of benzene rings is 2. The van der Waals surface area contributed by atoms with Gasteiger partial charge in [0.05, 0.1) is 13.0 Å². The second kappa shape index (κ2) is 12.3. The Kier molecular flexibility index (Phi) is 9.16. The molecule has 0 spiro atoms. The fourth-order valence-electron chi connectivity index (χ4n) is 6.09. The zero-order valence-electron chi connectivity index (χ0n) is 21.5. The van der Waals surface area contributed by atoms with Crippen molar-refractivity contribution in [1.29, 1.82) is 0 Å². The molecule has 3 heteroatoms. The predicted molar refractivity (Wildman–Crippen MR) is 141 cm³/mol. The first-order valence-corrected chi connectivity index (χ1v) is 13.8. The summed E-state index contributed by atoms with van der Waals surface area (Å²) in [6, 6.07) is 15.9. The number of hydrogen-bond acceptors (Lipinski definition) is 1. The Labute approximate surface area is 211 Å². The van der Waals surface area contributed by atoms with Crippen LogP contribution in [0.15, 0.2) is 60.7 Å². The molecular weight excluding hydrogens is 438 g/mol. The third-order valence-electron chi connectivity index (χ3n) is 8.42. The summed E-state index contributed by atoms with van der Waals surface area (Å²) in [6.45, 7) is 4.29. The van der Waals surface area contributed by atoms with Gasteiger partial charge in [0, 0.05) is 0 Å². The van der Waals surface area contributed by atoms with E-state index in [1.165, 1.54) is 68.9 Å². The molecule has 2 fully saturated rings. The summed E-state index contributed by atoms with van der Waals surface area (Å²) in [5, 5.41) is 0. The highest BCUT2D eigenvalue weighted by atomic mass is 19.3. The van der Waals surface area contributed by atoms with E-state index >= 15 is 0 Å². The van der Waals surface area contributed by atoms with Crippen molar-refractivity contribution in [3.8, 4) is 0 Å². The van der Waals surface area contributed by atoms with Crippen LogP contribution in [-0.2, 0) is 17.8 Å². The van der Waals surface area contributed by atoms with Crippen molar-refractivity contribution in [3.05, 3.63) is 82.9 Å². The highest BCUT2D eigenvalue weighted by molar-refractivity contribution is 5.27. The van der Waals surface area contributed by atoms with Gasteiger partial charge in [-0.15, -0.1) is 0 Å². The highest BCUT2D eigenvalue weighted by Gasteiger charge is 2.31. The smallest absolute Gasteiger partial charge is 0.315 e. The van der Waals surface area contributed by atoms with Crippen molar-refractivity contribution < 1.29 is 13.5 Å². The van der Waals surface area contributed by atoms with Gasteiger partial charge in [0.25, 0.3) is 0 Å². The molecule has 190 valence electrons. The quantitative estimate of drug-likeness (QED) is 0.325. The Balaban J connectivity index is 1.24. The van der Waals surface area contributed by atoms with Crippen molar-refractivity contribution in [1.82, 2.24) is 0 Å². The molecule has 2 aliphatic carbocycles. The van der Waals surface area contributed by atoms with Gasteiger partial charge in [0.2, 0.25) is 0 Å². The lowest BCUT2D eigenvalue weighted by Gasteiger charge is -2.28. The van der Waals surface area contributed by atoms with Crippen molar-refractivity contribution in [3.63, 3.8) is 0 Å². The van der Waals surface area contributed by atoms with Crippen LogP contribution in [-0.4, -0.2) is 6.11 Å². The Morgan fingerprint density at radius 1 is 0.771 bits per heavy atom. The van der Waals surface area contributed by atoms with E-state index in [2.05, 4.69) is 38.1 Å². The summed E-state index contributed by atoms with van der Waals surface area (Å²) in [7, 11) is 0. The molecule has 0 N–H and O–H groups in total. The van der Waals surface area contributed by atoms with Crippen LogP contribution in [0.5, 0.6) is 0 Å². The molecule has 1 nitrogen and oxygen atoms in total. The molecule has 0 bridgehead atoms. The second-order valence-corrected chi connectivity index (χ2v) is 10.8. The van der Waals surface area contributed by atoms with Gasteiger partial charge in [-0.05, 0) is 104 Å². The molecule has 0 aliphatic heterocycles. The molecule has 0 amide bonds. The average molecular weight is 481 g/mol. The summed E-state index contributed by atoms with van der Waals surface area (Å²) < 4.78 is 34.2. The number of alkyl halides is 2. The topological polar surface area (TPSA) is 9.23 Å². The first-order chi connectivity index (χ1) is 17.0. The molecule has 0 heterocycles. The van der Waals surface area contributed by atoms with Crippen LogP contribution >= 0.6 is 0 Å². The largest absolute Gasteiger partial charge is 0.360 e. The van der Waals surface area contributed by atoms with Crippen molar-refractivity contribution >= 4 is 0 Å². The summed E-state index contributed by atoms with van der Waals surface area (Å²) >= 11 is 0. The fourth-order valence-corrected chi connectivity index (χ4v) is 6.09. The van der Waals surface area contributed by atoms with E-state index in [1.54, 1.807) is 0 Å². The van der Waals surface area contributed by atoms with Gasteiger partial charge in [-0.2, -0.15) is 8.78 Å². The Hall–Kier alpha value is -2.00.